The monoisotopic (exact) mass is 409 g/mol. The van der Waals surface area contributed by atoms with Gasteiger partial charge in [-0.05, 0) is 55.5 Å². The van der Waals surface area contributed by atoms with Gasteiger partial charge in [0.1, 0.15) is 11.4 Å². The Kier molecular flexibility index (Phi) is 5.72. The van der Waals surface area contributed by atoms with Gasteiger partial charge in [-0.3, -0.25) is 4.79 Å². The Labute approximate surface area is 176 Å². The molecule has 6 heteroatoms. The molecular weight excluding hydrogens is 386 g/mol. The number of benzene rings is 1. The van der Waals surface area contributed by atoms with Crippen molar-refractivity contribution in [1.82, 2.24) is 4.98 Å². The maximum Gasteiger partial charge on any atom is 0.339 e. The number of ketones is 1. The molecular formula is C23H23NO4S. The second kappa shape index (κ2) is 7.92. The van der Waals surface area contributed by atoms with Gasteiger partial charge >= 0.3 is 5.97 Å². The van der Waals surface area contributed by atoms with Crippen LogP contribution in [-0.4, -0.2) is 28.3 Å². The van der Waals surface area contributed by atoms with Crippen LogP contribution in [0.4, 0.5) is 0 Å². The van der Waals surface area contributed by atoms with Gasteiger partial charge in [0.2, 0.25) is 4.93 Å². The van der Waals surface area contributed by atoms with Gasteiger partial charge in [0.15, 0.2) is 5.78 Å². The van der Waals surface area contributed by atoms with Gasteiger partial charge in [-0.15, -0.1) is 12.6 Å². The molecule has 5 nitrogen and oxygen atoms in total. The number of nitrogens with zero attached hydrogens (tertiary/aromatic N) is 1. The fourth-order valence-electron chi connectivity index (χ4n) is 3.27. The van der Waals surface area contributed by atoms with Gasteiger partial charge in [-0.1, -0.05) is 19.8 Å². The third-order valence-electron chi connectivity index (χ3n) is 4.83. The minimum Gasteiger partial charge on any atom is -0.469 e. The summed E-state index contributed by atoms with van der Waals surface area (Å²) < 4.78 is 10.8. The molecule has 0 saturated heterocycles. The van der Waals surface area contributed by atoms with E-state index < -0.39 is 10.9 Å². The van der Waals surface area contributed by atoms with Crippen LogP contribution in [0.2, 0.25) is 0 Å². The summed E-state index contributed by atoms with van der Waals surface area (Å²) in [7, 11) is 0. The van der Waals surface area contributed by atoms with Crippen molar-refractivity contribution in [3.63, 3.8) is 0 Å². The highest BCUT2D eigenvalue weighted by atomic mass is 32.1. The minimum atomic E-state index is -1.12. The van der Waals surface area contributed by atoms with E-state index in [0.29, 0.717) is 30.0 Å². The molecule has 1 aromatic carbocycles. The normalized spacial score (nSPS) is 19.2. The highest BCUT2D eigenvalue weighted by Gasteiger charge is 2.45. The second-order valence-corrected chi connectivity index (χ2v) is 8.34. The summed E-state index contributed by atoms with van der Waals surface area (Å²) in [4.78, 5) is 26.8. The quantitative estimate of drug-likeness (QED) is 0.473. The minimum absolute atomic E-state index is 0.110. The summed E-state index contributed by atoms with van der Waals surface area (Å²) in [5, 5.41) is 0. The number of fused-ring (bicyclic) bond motifs is 1. The molecule has 0 radical (unpaired) electrons. The number of aromatic nitrogens is 1. The van der Waals surface area contributed by atoms with E-state index in [1.807, 2.05) is 18.2 Å². The van der Waals surface area contributed by atoms with Crippen molar-refractivity contribution in [2.75, 3.05) is 6.61 Å². The molecule has 0 bridgehead atoms. The summed E-state index contributed by atoms with van der Waals surface area (Å²) in [5.74, 6) is 6.24. The van der Waals surface area contributed by atoms with E-state index in [1.165, 1.54) is 13.1 Å². The number of esters is 1. The van der Waals surface area contributed by atoms with Crippen molar-refractivity contribution >= 4 is 24.4 Å². The fourth-order valence-corrected chi connectivity index (χ4v) is 3.77. The van der Waals surface area contributed by atoms with Gasteiger partial charge in [0.05, 0.1) is 12.2 Å². The fraction of sp³-hybridized carbons (Fsp3) is 0.348. The molecule has 1 aliphatic rings. The van der Waals surface area contributed by atoms with Crippen LogP contribution < -0.4 is 4.74 Å². The van der Waals surface area contributed by atoms with Crippen molar-refractivity contribution in [3.05, 3.63) is 58.9 Å². The van der Waals surface area contributed by atoms with Gasteiger partial charge in [-0.25, -0.2) is 9.78 Å². The van der Waals surface area contributed by atoms with E-state index in [9.17, 15) is 9.59 Å². The van der Waals surface area contributed by atoms with Gasteiger partial charge in [0, 0.05) is 23.7 Å². The number of pyridine rings is 1. The lowest BCUT2D eigenvalue weighted by Crippen LogP contribution is -2.46. The number of hydrogen-bond donors (Lipinski definition) is 1. The molecule has 1 unspecified atom stereocenters. The molecule has 0 N–H and O–H groups in total. The van der Waals surface area contributed by atoms with E-state index in [4.69, 9.17) is 9.47 Å². The SMILES string of the molecule is CCOC(=O)c1ccc(C#Cc2ccc3c(c2)C(C)(C)CC(S)(C(C)=O)O3)nc1. The van der Waals surface area contributed by atoms with Gasteiger partial charge < -0.3 is 9.47 Å². The Balaban J connectivity index is 1.85. The van der Waals surface area contributed by atoms with Crippen LogP contribution >= 0.6 is 12.6 Å². The van der Waals surface area contributed by atoms with Crippen LogP contribution in [0.15, 0.2) is 36.5 Å². The molecule has 2 heterocycles. The molecule has 0 spiro atoms. The number of Topliss-reactive ketones (excluding diaryl/α,β-unsaturated/α-hetero) is 1. The number of thiol groups is 1. The largest absolute Gasteiger partial charge is 0.469 e. The summed E-state index contributed by atoms with van der Waals surface area (Å²) in [6.07, 6.45) is 1.93. The lowest BCUT2D eigenvalue weighted by molar-refractivity contribution is -0.127. The van der Waals surface area contributed by atoms with Crippen LogP contribution in [0.25, 0.3) is 0 Å². The zero-order chi connectivity index (χ0) is 21.2. The smallest absolute Gasteiger partial charge is 0.339 e. The van der Waals surface area contributed by atoms with Crippen LogP contribution in [-0.2, 0) is 14.9 Å². The lowest BCUT2D eigenvalue weighted by Gasteiger charge is -2.42. The van der Waals surface area contributed by atoms with Crippen LogP contribution in [0.5, 0.6) is 5.75 Å². The third kappa shape index (κ3) is 4.46. The first kappa shape index (κ1) is 20.9. The Morgan fingerprint density at radius 2 is 2.00 bits per heavy atom. The number of carbonyl (C=O) groups excluding carboxylic acids is 2. The Hall–Kier alpha value is -2.78. The Bertz CT molecular complexity index is 1020. The van der Waals surface area contributed by atoms with E-state index in [-0.39, 0.29) is 11.2 Å². The highest BCUT2D eigenvalue weighted by Crippen LogP contribution is 2.46. The molecule has 1 aliphatic heterocycles. The van der Waals surface area contributed by atoms with Crippen LogP contribution in [0, 0.1) is 11.8 Å². The number of ether oxygens (including phenoxy) is 2. The number of hydrogen-bond acceptors (Lipinski definition) is 6. The highest BCUT2D eigenvalue weighted by molar-refractivity contribution is 7.82. The molecule has 3 rings (SSSR count). The standard InChI is InChI=1S/C23H23NO4S/c1-5-27-21(26)17-8-10-18(24-13-17)9-6-16-7-11-20-19(12-16)22(3,4)14-23(29,28-20)15(2)25/h7-8,10-13,29H,5,14H2,1-4H3. The van der Waals surface area contributed by atoms with Crippen molar-refractivity contribution < 1.29 is 19.1 Å². The van der Waals surface area contributed by atoms with E-state index in [1.54, 1.807) is 19.1 Å². The van der Waals surface area contributed by atoms with E-state index in [0.717, 1.165) is 11.1 Å². The first-order chi connectivity index (χ1) is 13.6. The average molecular weight is 410 g/mol. The number of rotatable bonds is 3. The summed E-state index contributed by atoms with van der Waals surface area (Å²) >= 11 is 4.49. The first-order valence-electron chi connectivity index (χ1n) is 9.37. The Morgan fingerprint density at radius 3 is 2.62 bits per heavy atom. The molecule has 0 saturated carbocycles. The van der Waals surface area contributed by atoms with Gasteiger partial charge in [0.25, 0.3) is 0 Å². The average Bonchev–Trinajstić information content (AvgIpc) is 2.66. The lowest BCUT2D eigenvalue weighted by atomic mass is 9.76. The predicted octanol–water partition coefficient (Wildman–Crippen LogP) is 3.93. The maximum absolute atomic E-state index is 12.0. The van der Waals surface area contributed by atoms with Crippen molar-refractivity contribution in [3.8, 4) is 17.6 Å². The first-order valence-corrected chi connectivity index (χ1v) is 9.81. The number of carbonyl (C=O) groups is 2. The maximum atomic E-state index is 12.0. The molecule has 0 aliphatic carbocycles. The molecule has 29 heavy (non-hydrogen) atoms. The zero-order valence-electron chi connectivity index (χ0n) is 16.9. The predicted molar refractivity (Wildman–Crippen MR) is 113 cm³/mol. The topological polar surface area (TPSA) is 65.5 Å². The molecule has 2 aromatic rings. The van der Waals surface area contributed by atoms with E-state index in [2.05, 4.69) is 43.3 Å². The van der Waals surface area contributed by atoms with Crippen LogP contribution in [0.3, 0.4) is 0 Å². The van der Waals surface area contributed by atoms with Crippen LogP contribution in [0.1, 0.15) is 61.3 Å². The van der Waals surface area contributed by atoms with Gasteiger partial charge in [-0.2, -0.15) is 0 Å². The summed E-state index contributed by atoms with van der Waals surface area (Å²) in [6.45, 7) is 7.70. The van der Waals surface area contributed by atoms with E-state index >= 15 is 0 Å². The molecule has 1 atom stereocenters. The van der Waals surface area contributed by atoms with Crippen molar-refractivity contribution in [2.24, 2.45) is 0 Å². The molecule has 0 amide bonds. The summed E-state index contributed by atoms with van der Waals surface area (Å²) in [5.41, 5.74) is 2.45. The third-order valence-corrected chi connectivity index (χ3v) is 5.39. The zero-order valence-corrected chi connectivity index (χ0v) is 17.8. The second-order valence-electron chi connectivity index (χ2n) is 7.62. The van der Waals surface area contributed by atoms with Crippen molar-refractivity contribution in [1.29, 1.82) is 0 Å². The molecule has 1 aromatic heterocycles. The molecule has 150 valence electrons. The Morgan fingerprint density at radius 1 is 1.24 bits per heavy atom. The van der Waals surface area contributed by atoms with Crippen molar-refractivity contribution in [2.45, 2.75) is 44.5 Å². The summed E-state index contributed by atoms with van der Waals surface area (Å²) in [6, 6.07) is 8.97. The molecule has 0 fully saturated rings.